The number of guanidine groups is 1. The van der Waals surface area contributed by atoms with Gasteiger partial charge in [0.05, 0.1) is 6.54 Å². The topological polar surface area (TPSA) is 48.9 Å². The Morgan fingerprint density at radius 2 is 2.15 bits per heavy atom. The molecule has 1 aromatic carbocycles. The van der Waals surface area contributed by atoms with Crippen molar-refractivity contribution in [1.82, 2.24) is 15.5 Å². The van der Waals surface area contributed by atoms with E-state index in [1.807, 2.05) is 6.92 Å². The van der Waals surface area contributed by atoms with Gasteiger partial charge in [-0.25, -0.2) is 4.99 Å². The highest BCUT2D eigenvalue weighted by Crippen LogP contribution is 2.31. The van der Waals surface area contributed by atoms with Gasteiger partial charge in [0.15, 0.2) is 5.96 Å². The molecule has 1 unspecified atom stereocenters. The molecule has 2 aliphatic rings. The monoisotopic (exact) mass is 400 g/mol. The number of hydrogen-bond acceptors (Lipinski definition) is 3. The molecular formula is C19H27ClF2N4O. The van der Waals surface area contributed by atoms with E-state index < -0.39 is 6.61 Å². The van der Waals surface area contributed by atoms with E-state index in [2.05, 4.69) is 25.3 Å². The van der Waals surface area contributed by atoms with E-state index in [4.69, 9.17) is 11.6 Å². The summed E-state index contributed by atoms with van der Waals surface area (Å²) in [7, 11) is 0. The Balaban J connectivity index is 1.57. The van der Waals surface area contributed by atoms with Gasteiger partial charge in [-0.05, 0) is 56.8 Å². The minimum atomic E-state index is -2.88. The van der Waals surface area contributed by atoms with Crippen molar-refractivity contribution < 1.29 is 13.5 Å². The normalized spacial score (nSPS) is 20.9. The Bertz CT molecular complexity index is 655. The molecule has 1 aromatic rings. The van der Waals surface area contributed by atoms with E-state index in [9.17, 15) is 8.78 Å². The first-order chi connectivity index (χ1) is 13.0. The number of hydrogen-bond donors (Lipinski definition) is 2. The van der Waals surface area contributed by atoms with Crippen LogP contribution in [0.25, 0.3) is 0 Å². The Kier molecular flexibility index (Phi) is 7.13. The van der Waals surface area contributed by atoms with E-state index >= 15 is 0 Å². The molecule has 8 heteroatoms. The van der Waals surface area contributed by atoms with Gasteiger partial charge in [0.1, 0.15) is 5.75 Å². The van der Waals surface area contributed by atoms with Gasteiger partial charge in [-0.2, -0.15) is 8.78 Å². The Hall–Kier alpha value is -1.60. The van der Waals surface area contributed by atoms with Crippen LogP contribution in [0.3, 0.4) is 0 Å². The summed E-state index contributed by atoms with van der Waals surface area (Å²) in [6.07, 6.45) is 3.88. The first-order valence-electron chi connectivity index (χ1n) is 9.54. The molecule has 2 N–H and O–H groups in total. The molecule has 27 heavy (non-hydrogen) atoms. The quantitative estimate of drug-likeness (QED) is 0.518. The minimum absolute atomic E-state index is 0.102. The minimum Gasteiger partial charge on any atom is -0.434 e. The molecule has 1 saturated carbocycles. The van der Waals surface area contributed by atoms with Crippen molar-refractivity contribution >= 4 is 17.6 Å². The van der Waals surface area contributed by atoms with Crippen molar-refractivity contribution in [3.63, 3.8) is 0 Å². The van der Waals surface area contributed by atoms with E-state index in [1.165, 1.54) is 37.9 Å². The summed E-state index contributed by atoms with van der Waals surface area (Å²) in [5.74, 6) is 1.38. The summed E-state index contributed by atoms with van der Waals surface area (Å²) in [5.41, 5.74) is 0.528. The van der Waals surface area contributed by atoms with Crippen molar-refractivity contribution in [2.24, 2.45) is 10.9 Å². The average molecular weight is 401 g/mol. The lowest BCUT2D eigenvalue weighted by molar-refractivity contribution is -0.0504. The van der Waals surface area contributed by atoms with Crippen LogP contribution in [0.4, 0.5) is 8.78 Å². The van der Waals surface area contributed by atoms with Gasteiger partial charge in [-0.1, -0.05) is 11.6 Å². The van der Waals surface area contributed by atoms with Crippen LogP contribution < -0.4 is 15.4 Å². The number of rotatable bonds is 8. The van der Waals surface area contributed by atoms with Crippen molar-refractivity contribution in [1.29, 1.82) is 0 Å². The number of nitrogens with one attached hydrogen (secondary N) is 2. The Morgan fingerprint density at radius 3 is 2.85 bits per heavy atom. The van der Waals surface area contributed by atoms with E-state index in [1.54, 1.807) is 6.07 Å². The number of alkyl halides is 2. The van der Waals surface area contributed by atoms with Crippen LogP contribution >= 0.6 is 11.6 Å². The van der Waals surface area contributed by atoms with Crippen molar-refractivity contribution in [2.45, 2.75) is 45.4 Å². The number of nitrogens with zero attached hydrogens (tertiary/aromatic N) is 2. The molecule has 3 rings (SSSR count). The van der Waals surface area contributed by atoms with Gasteiger partial charge in [-0.15, -0.1) is 0 Å². The molecule has 1 aliphatic carbocycles. The number of likely N-dealkylation sites (tertiary alicyclic amines) is 1. The number of benzene rings is 1. The zero-order valence-corrected chi connectivity index (χ0v) is 16.3. The van der Waals surface area contributed by atoms with Crippen LogP contribution in [-0.4, -0.2) is 49.7 Å². The fraction of sp³-hybridized carbons (Fsp3) is 0.632. The predicted molar refractivity (Wildman–Crippen MR) is 104 cm³/mol. The smallest absolute Gasteiger partial charge is 0.387 e. The van der Waals surface area contributed by atoms with Crippen LogP contribution in [0.15, 0.2) is 23.2 Å². The Morgan fingerprint density at radius 1 is 1.33 bits per heavy atom. The third-order valence-electron chi connectivity index (χ3n) is 4.93. The second-order valence-electron chi connectivity index (χ2n) is 7.09. The van der Waals surface area contributed by atoms with Gasteiger partial charge in [-0.3, -0.25) is 0 Å². The molecule has 0 radical (unpaired) electrons. The standard InChI is InChI=1S/C19H27ClF2N4O/c1-2-23-19(24-10-13-7-8-26(12-13)16-4-5-16)25-11-14-9-15(20)3-6-17(14)27-18(21)22/h3,6,9,13,16,18H,2,4-5,7-8,10-12H2,1H3,(H2,23,24,25). The molecule has 1 aliphatic heterocycles. The summed E-state index contributed by atoms with van der Waals surface area (Å²) in [4.78, 5) is 7.10. The number of halogens is 3. The first-order valence-corrected chi connectivity index (χ1v) is 9.92. The molecule has 1 saturated heterocycles. The molecule has 150 valence electrons. The lowest BCUT2D eigenvalue weighted by Gasteiger charge is -2.17. The maximum absolute atomic E-state index is 12.6. The van der Waals surface area contributed by atoms with Gasteiger partial charge < -0.3 is 20.3 Å². The van der Waals surface area contributed by atoms with E-state index in [-0.39, 0.29) is 12.3 Å². The maximum Gasteiger partial charge on any atom is 0.387 e. The second-order valence-corrected chi connectivity index (χ2v) is 7.52. The third kappa shape index (κ3) is 6.21. The molecule has 0 aromatic heterocycles. The van der Waals surface area contributed by atoms with Crippen LogP contribution in [0.5, 0.6) is 5.75 Å². The largest absolute Gasteiger partial charge is 0.434 e. The van der Waals surface area contributed by atoms with Gasteiger partial charge in [0, 0.05) is 36.3 Å². The molecule has 1 heterocycles. The highest BCUT2D eigenvalue weighted by atomic mass is 35.5. The molecular weight excluding hydrogens is 374 g/mol. The number of aliphatic imine (C=N–C) groups is 1. The molecule has 0 amide bonds. The maximum atomic E-state index is 12.6. The second kappa shape index (κ2) is 9.55. The Labute approximate surface area is 164 Å². The SMILES string of the molecule is CCNC(=NCc1cc(Cl)ccc1OC(F)F)NCC1CCN(C2CC2)C1. The van der Waals surface area contributed by atoms with E-state index in [0.29, 0.717) is 22.5 Å². The van der Waals surface area contributed by atoms with E-state index in [0.717, 1.165) is 25.7 Å². The lowest BCUT2D eigenvalue weighted by Crippen LogP contribution is -2.40. The summed E-state index contributed by atoms with van der Waals surface area (Å²) in [6.45, 7) is 3.21. The van der Waals surface area contributed by atoms with Crippen molar-refractivity contribution in [3.05, 3.63) is 28.8 Å². The highest BCUT2D eigenvalue weighted by Gasteiger charge is 2.34. The molecule has 0 bridgehead atoms. The third-order valence-corrected chi connectivity index (χ3v) is 5.16. The van der Waals surface area contributed by atoms with Crippen LogP contribution in [0.1, 0.15) is 31.7 Å². The van der Waals surface area contributed by atoms with Crippen molar-refractivity contribution in [2.75, 3.05) is 26.2 Å². The van der Waals surface area contributed by atoms with Crippen molar-refractivity contribution in [3.8, 4) is 5.75 Å². The summed E-state index contributed by atoms with van der Waals surface area (Å²) < 4.78 is 29.7. The van der Waals surface area contributed by atoms with Gasteiger partial charge in [0.25, 0.3) is 0 Å². The molecule has 2 fully saturated rings. The predicted octanol–water partition coefficient (Wildman–Crippen LogP) is 3.48. The van der Waals surface area contributed by atoms with Gasteiger partial charge >= 0.3 is 6.61 Å². The fourth-order valence-corrected chi connectivity index (χ4v) is 3.62. The molecule has 5 nitrogen and oxygen atoms in total. The van der Waals surface area contributed by atoms with Crippen LogP contribution in [-0.2, 0) is 6.54 Å². The lowest BCUT2D eigenvalue weighted by atomic mass is 10.1. The zero-order valence-electron chi connectivity index (χ0n) is 15.6. The zero-order chi connectivity index (χ0) is 19.2. The highest BCUT2D eigenvalue weighted by molar-refractivity contribution is 6.30. The summed E-state index contributed by atoms with van der Waals surface area (Å²) in [5, 5.41) is 7.04. The summed E-state index contributed by atoms with van der Waals surface area (Å²) in [6, 6.07) is 5.40. The van der Waals surface area contributed by atoms with Gasteiger partial charge in [0.2, 0.25) is 0 Å². The molecule has 1 atom stereocenters. The average Bonchev–Trinajstić information content (AvgIpc) is 3.37. The first kappa shape index (κ1) is 20.1. The fourth-order valence-electron chi connectivity index (χ4n) is 3.43. The molecule has 0 spiro atoms. The van der Waals surface area contributed by atoms with Crippen LogP contribution in [0.2, 0.25) is 5.02 Å². The number of ether oxygens (including phenoxy) is 1. The van der Waals surface area contributed by atoms with Crippen LogP contribution in [0, 0.1) is 5.92 Å². The summed E-state index contributed by atoms with van der Waals surface area (Å²) >= 11 is 5.99.